The van der Waals surface area contributed by atoms with E-state index >= 15 is 0 Å². The zero-order valence-electron chi connectivity index (χ0n) is 20.1. The maximum atomic E-state index is 2.75. The Balaban J connectivity index is 1.77. The fraction of sp³-hybridized carbons (Fsp3) is 0.690. The molecule has 5 aliphatic rings. The Morgan fingerprint density at radius 1 is 0.759 bits per heavy atom. The third kappa shape index (κ3) is 2.91. The Morgan fingerprint density at radius 2 is 1.38 bits per heavy atom. The quantitative estimate of drug-likeness (QED) is 0.365. The molecule has 0 nitrogen and oxygen atoms in total. The van der Waals surface area contributed by atoms with E-state index in [0.717, 1.165) is 5.92 Å². The molecule has 157 valence electrons. The van der Waals surface area contributed by atoms with Gasteiger partial charge in [-0.25, -0.2) is 0 Å². The standard InChI is InChI=1S/C29H41/c1-26(2)11-9-19-18(16-26)15-21-22-17-27(3,4)12-10-20(22)24-25(23(19)21)29(7,8)14-13-28(24,5)6/h13-15,21-22H,9-12,16-17H2,1-8H3. The first-order chi connectivity index (χ1) is 13.3. The van der Waals surface area contributed by atoms with Gasteiger partial charge in [0.1, 0.15) is 0 Å². The largest absolute Gasteiger partial charge is 0.0776 e. The molecule has 0 aromatic heterocycles. The Morgan fingerprint density at radius 3 is 2.07 bits per heavy atom. The summed E-state index contributed by atoms with van der Waals surface area (Å²) in [5.41, 5.74) is 11.8. The third-order valence-corrected chi connectivity index (χ3v) is 8.92. The highest BCUT2D eigenvalue weighted by molar-refractivity contribution is 5.66. The van der Waals surface area contributed by atoms with Crippen LogP contribution in [0, 0.1) is 39.9 Å². The summed E-state index contributed by atoms with van der Waals surface area (Å²) in [6.07, 6.45) is 15.7. The maximum Gasteiger partial charge on any atom is 0.00816 e. The summed E-state index contributed by atoms with van der Waals surface area (Å²) in [5.74, 6) is 1.37. The molecule has 0 spiro atoms. The van der Waals surface area contributed by atoms with E-state index < -0.39 is 0 Å². The molecular formula is C29H41. The summed E-state index contributed by atoms with van der Waals surface area (Å²) < 4.78 is 0. The van der Waals surface area contributed by atoms with Gasteiger partial charge in [-0.2, -0.15) is 0 Å². The Kier molecular flexibility index (Phi) is 3.98. The molecule has 1 fully saturated rings. The lowest BCUT2D eigenvalue weighted by atomic mass is 9.52. The summed E-state index contributed by atoms with van der Waals surface area (Å²) in [7, 11) is 0. The molecule has 0 heteroatoms. The van der Waals surface area contributed by atoms with Crippen LogP contribution in [0.2, 0.25) is 0 Å². The van der Waals surface area contributed by atoms with Crippen LogP contribution in [0.25, 0.3) is 0 Å². The molecule has 0 aromatic rings. The van der Waals surface area contributed by atoms with Gasteiger partial charge in [0, 0.05) is 10.8 Å². The molecule has 1 saturated carbocycles. The zero-order chi connectivity index (χ0) is 21.0. The van der Waals surface area contributed by atoms with Crippen molar-refractivity contribution in [2.75, 3.05) is 0 Å². The molecule has 2 atom stereocenters. The Bertz CT molecular complexity index is 890. The van der Waals surface area contributed by atoms with Crippen molar-refractivity contribution in [2.45, 2.75) is 93.9 Å². The van der Waals surface area contributed by atoms with Crippen LogP contribution in [0.15, 0.2) is 45.6 Å². The van der Waals surface area contributed by atoms with Crippen molar-refractivity contribution >= 4 is 0 Å². The third-order valence-electron chi connectivity index (χ3n) is 8.92. The fourth-order valence-corrected chi connectivity index (χ4v) is 7.35. The van der Waals surface area contributed by atoms with E-state index in [9.17, 15) is 0 Å². The molecule has 0 bridgehead atoms. The smallest absolute Gasteiger partial charge is 0.00816 e. The van der Waals surface area contributed by atoms with Gasteiger partial charge in [-0.3, -0.25) is 0 Å². The van der Waals surface area contributed by atoms with E-state index in [2.05, 4.69) is 74.0 Å². The van der Waals surface area contributed by atoms with Gasteiger partial charge >= 0.3 is 0 Å². The molecule has 0 amide bonds. The molecule has 0 N–H and O–H groups in total. The highest BCUT2D eigenvalue weighted by Gasteiger charge is 2.52. The lowest BCUT2D eigenvalue weighted by molar-refractivity contribution is 0.196. The first-order valence-electron chi connectivity index (χ1n) is 12.1. The molecule has 0 heterocycles. The highest BCUT2D eigenvalue weighted by atomic mass is 14.6. The first-order valence-corrected chi connectivity index (χ1v) is 12.1. The molecule has 0 saturated heterocycles. The van der Waals surface area contributed by atoms with Crippen LogP contribution in [0.5, 0.6) is 0 Å². The van der Waals surface area contributed by atoms with Crippen molar-refractivity contribution in [3.63, 3.8) is 0 Å². The van der Waals surface area contributed by atoms with Gasteiger partial charge in [0.25, 0.3) is 0 Å². The van der Waals surface area contributed by atoms with Gasteiger partial charge < -0.3 is 0 Å². The normalized spacial score (nSPS) is 35.9. The van der Waals surface area contributed by atoms with Gasteiger partial charge in [-0.15, -0.1) is 0 Å². The molecule has 5 rings (SSSR count). The van der Waals surface area contributed by atoms with Crippen LogP contribution in [0.1, 0.15) is 93.9 Å². The lowest BCUT2D eigenvalue weighted by Crippen LogP contribution is -2.40. The molecule has 0 aliphatic heterocycles. The summed E-state index contributed by atoms with van der Waals surface area (Å²) in [4.78, 5) is 0. The minimum Gasteiger partial charge on any atom is -0.0776 e. The molecule has 29 heavy (non-hydrogen) atoms. The van der Waals surface area contributed by atoms with Crippen LogP contribution in [-0.2, 0) is 0 Å². The van der Waals surface area contributed by atoms with E-state index in [1.807, 2.05) is 5.57 Å². The molecule has 5 aliphatic carbocycles. The van der Waals surface area contributed by atoms with Gasteiger partial charge in [0.05, 0.1) is 0 Å². The van der Waals surface area contributed by atoms with Crippen LogP contribution in [0.4, 0.5) is 0 Å². The number of rotatable bonds is 0. The molecule has 1 radical (unpaired) electrons. The van der Waals surface area contributed by atoms with E-state index in [1.54, 1.807) is 27.9 Å². The monoisotopic (exact) mass is 389 g/mol. The second-order valence-electron chi connectivity index (χ2n) is 13.5. The molecule has 0 aromatic carbocycles. The number of hydrogen-bond donors (Lipinski definition) is 0. The minimum absolute atomic E-state index is 0.145. The summed E-state index contributed by atoms with van der Waals surface area (Å²) in [6.45, 7) is 19.8. The van der Waals surface area contributed by atoms with E-state index in [0.29, 0.717) is 16.7 Å². The predicted octanol–water partition coefficient (Wildman–Crippen LogP) is 8.38. The zero-order valence-corrected chi connectivity index (χ0v) is 20.1. The van der Waals surface area contributed by atoms with Crippen molar-refractivity contribution in [1.29, 1.82) is 0 Å². The predicted molar refractivity (Wildman–Crippen MR) is 124 cm³/mol. The van der Waals surface area contributed by atoms with Gasteiger partial charge in [0.2, 0.25) is 0 Å². The Labute approximate surface area is 179 Å². The van der Waals surface area contributed by atoms with Crippen molar-refractivity contribution < 1.29 is 0 Å². The SMILES string of the molecule is CC1(C)CCC2=C([CH]C3C2=C2C(=C4CCC(C)(C)CC43)C(C)(C)C=CC2(C)C)C1. The molecule has 2 unspecified atom stereocenters. The first kappa shape index (κ1) is 19.9. The fourth-order valence-electron chi connectivity index (χ4n) is 7.35. The average molecular weight is 390 g/mol. The van der Waals surface area contributed by atoms with Crippen LogP contribution >= 0.6 is 0 Å². The minimum atomic E-state index is 0.145. The maximum absolute atomic E-state index is 2.75. The van der Waals surface area contributed by atoms with Gasteiger partial charge in [0.15, 0.2) is 0 Å². The van der Waals surface area contributed by atoms with Crippen molar-refractivity contribution in [1.82, 2.24) is 0 Å². The van der Waals surface area contributed by atoms with Crippen LogP contribution in [-0.4, -0.2) is 0 Å². The van der Waals surface area contributed by atoms with E-state index in [1.165, 1.54) is 38.5 Å². The second kappa shape index (κ2) is 5.80. The van der Waals surface area contributed by atoms with Gasteiger partial charge in [-0.05, 0) is 89.9 Å². The number of allylic oxidation sites excluding steroid dienone is 8. The lowest BCUT2D eigenvalue weighted by Gasteiger charge is -2.52. The Hall–Kier alpha value is -1.04. The average Bonchev–Trinajstić information content (AvgIpc) is 2.94. The van der Waals surface area contributed by atoms with Crippen LogP contribution in [0.3, 0.4) is 0 Å². The van der Waals surface area contributed by atoms with E-state index in [-0.39, 0.29) is 10.8 Å². The van der Waals surface area contributed by atoms with Crippen molar-refractivity contribution in [3.05, 3.63) is 52.0 Å². The molecular weight excluding hydrogens is 348 g/mol. The van der Waals surface area contributed by atoms with Crippen molar-refractivity contribution in [3.8, 4) is 0 Å². The summed E-state index contributed by atoms with van der Waals surface area (Å²) >= 11 is 0. The van der Waals surface area contributed by atoms with E-state index in [4.69, 9.17) is 0 Å². The topological polar surface area (TPSA) is 0 Å². The van der Waals surface area contributed by atoms with Crippen LogP contribution < -0.4 is 0 Å². The number of fused-ring (bicyclic) bond motifs is 5. The summed E-state index contributed by atoms with van der Waals surface area (Å²) in [5, 5.41) is 0. The number of hydrogen-bond acceptors (Lipinski definition) is 0. The highest BCUT2D eigenvalue weighted by Crippen LogP contribution is 2.65. The summed E-state index contributed by atoms with van der Waals surface area (Å²) in [6, 6.07) is 0. The second-order valence-corrected chi connectivity index (χ2v) is 13.5. The van der Waals surface area contributed by atoms with Crippen molar-refractivity contribution in [2.24, 2.45) is 33.5 Å². The van der Waals surface area contributed by atoms with Gasteiger partial charge in [-0.1, -0.05) is 78.7 Å².